The Balaban J connectivity index is 1.89. The number of halogens is 7. The number of carbonyl (C=O) groups is 2. The normalized spacial score (nSPS) is 17.6. The van der Waals surface area contributed by atoms with E-state index in [0.29, 0.717) is 12.0 Å². The number of nitrogens with zero attached hydrogens (tertiary/aromatic N) is 2. The van der Waals surface area contributed by atoms with Crippen LogP contribution in [0.2, 0.25) is 5.15 Å². The van der Waals surface area contributed by atoms with Crippen molar-refractivity contribution in [1.82, 2.24) is 15.2 Å². The van der Waals surface area contributed by atoms with E-state index in [0.717, 1.165) is 0 Å². The Kier molecular flexibility index (Phi) is 10.2. The molecule has 2 heterocycles. The van der Waals surface area contributed by atoms with E-state index in [1.54, 1.807) is 18.2 Å². The molecule has 35 heavy (non-hydrogen) atoms. The fraction of sp³-hybridized carbons (Fsp3) is 0.571. The molecule has 0 saturated carbocycles. The van der Waals surface area contributed by atoms with E-state index in [4.69, 9.17) is 16.3 Å². The highest BCUT2D eigenvalue weighted by Crippen LogP contribution is 2.28. The first kappa shape index (κ1) is 28.7. The highest BCUT2D eigenvalue weighted by molar-refractivity contribution is 6.30. The zero-order valence-corrected chi connectivity index (χ0v) is 19.3. The summed E-state index contributed by atoms with van der Waals surface area (Å²) in [6, 6.07) is 1.01. The molecule has 2 atom stereocenters. The van der Waals surface area contributed by atoms with Crippen molar-refractivity contribution in [3.05, 3.63) is 29.1 Å². The SMILES string of the molecule is CN[C@H](C/C=C/c1cnc(Cl)c(O[C@@H]2CCN(C(=O)CCC(F)(F)F)C2)c1)COC(=O)C(F)(F)F. The number of aromatic nitrogens is 1. The Hall–Kier alpha value is -2.54. The highest BCUT2D eigenvalue weighted by Gasteiger charge is 2.41. The smallest absolute Gasteiger partial charge is 0.485 e. The van der Waals surface area contributed by atoms with Gasteiger partial charge in [0.15, 0.2) is 10.9 Å². The van der Waals surface area contributed by atoms with Gasteiger partial charge in [-0.2, -0.15) is 26.3 Å². The van der Waals surface area contributed by atoms with Gasteiger partial charge in [0.05, 0.1) is 13.0 Å². The minimum Gasteiger partial charge on any atom is -0.485 e. The molecule has 0 aromatic carbocycles. The number of hydrogen-bond acceptors (Lipinski definition) is 6. The first-order valence-corrected chi connectivity index (χ1v) is 10.9. The van der Waals surface area contributed by atoms with Crippen LogP contribution in [0.1, 0.15) is 31.2 Å². The summed E-state index contributed by atoms with van der Waals surface area (Å²) in [5, 5.41) is 2.79. The number of hydrogen-bond donors (Lipinski definition) is 1. The summed E-state index contributed by atoms with van der Waals surface area (Å²) < 4.78 is 83.7. The second-order valence-corrected chi connectivity index (χ2v) is 8.12. The van der Waals surface area contributed by atoms with E-state index >= 15 is 0 Å². The molecular formula is C21H24ClF6N3O4. The third-order valence-electron chi connectivity index (χ3n) is 5.03. The van der Waals surface area contributed by atoms with Crippen LogP contribution in [0.5, 0.6) is 5.75 Å². The molecule has 0 spiro atoms. The molecule has 1 N–H and O–H groups in total. The van der Waals surface area contributed by atoms with E-state index in [-0.39, 0.29) is 30.4 Å². The molecule has 1 aromatic heterocycles. The molecule has 14 heteroatoms. The van der Waals surface area contributed by atoms with Crippen LogP contribution in [0.3, 0.4) is 0 Å². The van der Waals surface area contributed by atoms with Crippen LogP contribution >= 0.6 is 11.6 Å². The second-order valence-electron chi connectivity index (χ2n) is 7.76. The molecule has 1 fully saturated rings. The van der Waals surface area contributed by atoms with Gasteiger partial charge in [-0.1, -0.05) is 23.8 Å². The number of likely N-dealkylation sites (tertiary alicyclic amines) is 1. The van der Waals surface area contributed by atoms with Crippen molar-refractivity contribution in [3.8, 4) is 5.75 Å². The van der Waals surface area contributed by atoms with Gasteiger partial charge in [-0.3, -0.25) is 4.79 Å². The first-order chi connectivity index (χ1) is 16.3. The van der Waals surface area contributed by atoms with Crippen molar-refractivity contribution in [2.45, 2.75) is 50.2 Å². The topological polar surface area (TPSA) is 80.8 Å². The van der Waals surface area contributed by atoms with E-state index in [1.165, 1.54) is 18.1 Å². The predicted octanol–water partition coefficient (Wildman–Crippen LogP) is 4.15. The molecule has 196 valence electrons. The van der Waals surface area contributed by atoms with E-state index in [2.05, 4.69) is 15.0 Å². The number of ether oxygens (including phenoxy) is 2. The summed E-state index contributed by atoms with van der Waals surface area (Å²) in [5.74, 6) is -2.65. The maximum absolute atomic E-state index is 12.3. The Morgan fingerprint density at radius 1 is 1.31 bits per heavy atom. The number of likely N-dealkylation sites (N-methyl/N-ethyl adjacent to an activating group) is 1. The van der Waals surface area contributed by atoms with Gasteiger partial charge in [0.25, 0.3) is 0 Å². The Labute approximate surface area is 202 Å². The average molecular weight is 532 g/mol. The van der Waals surface area contributed by atoms with Crippen LogP contribution in [0.25, 0.3) is 6.08 Å². The molecular weight excluding hydrogens is 508 g/mol. The zero-order chi connectivity index (χ0) is 26.2. The van der Waals surface area contributed by atoms with Gasteiger partial charge < -0.3 is 19.7 Å². The monoisotopic (exact) mass is 531 g/mol. The average Bonchev–Trinajstić information content (AvgIpc) is 3.23. The predicted molar refractivity (Wildman–Crippen MR) is 114 cm³/mol. The summed E-state index contributed by atoms with van der Waals surface area (Å²) >= 11 is 6.07. The molecule has 1 amide bonds. The van der Waals surface area contributed by atoms with Crippen molar-refractivity contribution in [3.63, 3.8) is 0 Å². The van der Waals surface area contributed by atoms with Crippen LogP contribution in [-0.4, -0.2) is 73.0 Å². The van der Waals surface area contributed by atoms with Crippen molar-refractivity contribution >= 4 is 29.6 Å². The van der Waals surface area contributed by atoms with E-state index < -0.39 is 55.8 Å². The largest absolute Gasteiger partial charge is 0.490 e. The van der Waals surface area contributed by atoms with Gasteiger partial charge in [-0.25, -0.2) is 9.78 Å². The number of amides is 1. The van der Waals surface area contributed by atoms with Gasteiger partial charge in [0.1, 0.15) is 12.7 Å². The number of alkyl halides is 6. The minimum atomic E-state index is -5.06. The highest BCUT2D eigenvalue weighted by atomic mass is 35.5. The van der Waals surface area contributed by atoms with Crippen LogP contribution in [-0.2, 0) is 14.3 Å². The minimum absolute atomic E-state index is 0.0520. The Bertz CT molecular complexity index is 910. The van der Waals surface area contributed by atoms with E-state index in [9.17, 15) is 35.9 Å². The quantitative estimate of drug-likeness (QED) is 0.277. The lowest BCUT2D eigenvalue weighted by Gasteiger charge is -2.18. The maximum atomic E-state index is 12.3. The van der Waals surface area contributed by atoms with Gasteiger partial charge in [-0.05, 0) is 25.1 Å². The first-order valence-electron chi connectivity index (χ1n) is 10.5. The van der Waals surface area contributed by atoms with Gasteiger partial charge >= 0.3 is 18.3 Å². The molecule has 7 nitrogen and oxygen atoms in total. The molecule has 0 aliphatic carbocycles. The van der Waals surface area contributed by atoms with Crippen LogP contribution in [0.4, 0.5) is 26.3 Å². The lowest BCUT2D eigenvalue weighted by atomic mass is 10.1. The summed E-state index contributed by atoms with van der Waals surface area (Å²) in [6.07, 6.45) is -6.41. The van der Waals surface area contributed by atoms with Crippen molar-refractivity contribution < 1.29 is 45.4 Å². The fourth-order valence-electron chi connectivity index (χ4n) is 3.15. The standard InChI is InChI=1S/C21H24ClF6N3O4/c1-29-14(12-34-19(33)21(26,27)28)4-2-3-13-9-16(18(22)30-10-13)35-15-6-8-31(11-15)17(32)5-7-20(23,24)25/h2-3,9-10,14-15,29H,4-8,11-12H2,1H3/b3-2+/t14-,15-/m1/s1. The lowest BCUT2D eigenvalue weighted by molar-refractivity contribution is -0.200. The number of pyridine rings is 1. The molecule has 1 aliphatic heterocycles. The van der Waals surface area contributed by atoms with Crippen molar-refractivity contribution in [2.75, 3.05) is 26.7 Å². The number of rotatable bonds is 10. The molecule has 2 rings (SSSR count). The zero-order valence-electron chi connectivity index (χ0n) is 18.6. The van der Waals surface area contributed by atoms with Gasteiger partial charge in [-0.15, -0.1) is 0 Å². The van der Waals surface area contributed by atoms with Crippen LogP contribution < -0.4 is 10.1 Å². The fourth-order valence-corrected chi connectivity index (χ4v) is 3.30. The van der Waals surface area contributed by atoms with Gasteiger partial charge in [0.2, 0.25) is 5.91 Å². The Morgan fingerprint density at radius 2 is 2.03 bits per heavy atom. The summed E-state index contributed by atoms with van der Waals surface area (Å²) in [5.41, 5.74) is 0.558. The molecule has 0 unspecified atom stereocenters. The Morgan fingerprint density at radius 3 is 2.66 bits per heavy atom. The second kappa shape index (κ2) is 12.4. The van der Waals surface area contributed by atoms with Gasteiger partial charge in [0, 0.05) is 31.6 Å². The number of carbonyl (C=O) groups excluding carboxylic acids is 2. The number of nitrogens with one attached hydrogen (secondary N) is 1. The number of esters is 1. The molecule has 1 aromatic rings. The summed E-state index contributed by atoms with van der Waals surface area (Å²) in [7, 11) is 1.51. The molecule has 1 saturated heterocycles. The maximum Gasteiger partial charge on any atom is 0.490 e. The van der Waals surface area contributed by atoms with Crippen molar-refractivity contribution in [2.24, 2.45) is 0 Å². The molecule has 0 bridgehead atoms. The third-order valence-corrected chi connectivity index (χ3v) is 5.31. The van der Waals surface area contributed by atoms with E-state index in [1.807, 2.05) is 0 Å². The summed E-state index contributed by atoms with van der Waals surface area (Å²) in [6.45, 7) is -0.101. The molecule has 1 aliphatic rings. The summed E-state index contributed by atoms with van der Waals surface area (Å²) in [4.78, 5) is 28.1. The lowest BCUT2D eigenvalue weighted by Crippen LogP contribution is -2.34. The van der Waals surface area contributed by atoms with Crippen LogP contribution in [0.15, 0.2) is 18.3 Å². The molecule has 0 radical (unpaired) electrons. The third kappa shape index (κ3) is 9.92. The van der Waals surface area contributed by atoms with Crippen LogP contribution in [0, 0.1) is 0 Å². The van der Waals surface area contributed by atoms with Crippen molar-refractivity contribution in [1.29, 1.82) is 0 Å².